The second-order valence-corrected chi connectivity index (χ2v) is 6.77. The lowest BCUT2D eigenvalue weighted by Crippen LogP contribution is -2.33. The minimum Gasteiger partial charge on any atom is -0.478 e. The minimum atomic E-state index is -0.984. The molecule has 1 fully saturated rings. The first kappa shape index (κ1) is 15.8. The zero-order chi connectivity index (χ0) is 15.2. The van der Waals surface area contributed by atoms with Crippen LogP contribution in [0.4, 0.5) is 0 Å². The molecule has 1 heterocycles. The SMILES string of the molecule is CC1CCCC(NC(=O)c2ccc(/C=C/C(=O)O)s2)CC1. The number of hydrogen-bond donors (Lipinski definition) is 2. The molecule has 2 N–H and O–H groups in total. The maximum atomic E-state index is 12.2. The number of nitrogens with one attached hydrogen (secondary N) is 1. The summed E-state index contributed by atoms with van der Waals surface area (Å²) in [5.41, 5.74) is 0. The van der Waals surface area contributed by atoms with Gasteiger partial charge in [-0.05, 0) is 43.4 Å². The molecule has 114 valence electrons. The highest BCUT2D eigenvalue weighted by molar-refractivity contribution is 7.14. The van der Waals surface area contributed by atoms with E-state index in [1.54, 1.807) is 12.1 Å². The maximum absolute atomic E-state index is 12.2. The van der Waals surface area contributed by atoms with E-state index in [-0.39, 0.29) is 11.9 Å². The molecular weight excluding hydrogens is 286 g/mol. The van der Waals surface area contributed by atoms with Crippen LogP contribution in [-0.2, 0) is 4.79 Å². The molecule has 1 aromatic heterocycles. The highest BCUT2D eigenvalue weighted by atomic mass is 32.1. The highest BCUT2D eigenvalue weighted by Gasteiger charge is 2.19. The van der Waals surface area contributed by atoms with Gasteiger partial charge in [0.1, 0.15) is 0 Å². The molecule has 0 bridgehead atoms. The Hall–Kier alpha value is -1.62. The molecule has 4 nitrogen and oxygen atoms in total. The molecule has 1 aromatic rings. The first-order valence-electron chi connectivity index (χ1n) is 7.36. The predicted octanol–water partition coefficient (Wildman–Crippen LogP) is 3.54. The third kappa shape index (κ3) is 5.01. The van der Waals surface area contributed by atoms with E-state index < -0.39 is 5.97 Å². The number of thiophene rings is 1. The molecule has 2 rings (SSSR count). The molecule has 2 unspecified atom stereocenters. The van der Waals surface area contributed by atoms with Crippen LogP contribution in [-0.4, -0.2) is 23.0 Å². The van der Waals surface area contributed by atoms with Crippen molar-refractivity contribution in [3.05, 3.63) is 28.0 Å². The molecule has 5 heteroatoms. The number of carboxylic acid groups (broad SMARTS) is 1. The third-order valence-corrected chi connectivity index (χ3v) is 4.88. The monoisotopic (exact) mass is 307 g/mol. The van der Waals surface area contributed by atoms with Crippen LogP contribution in [0.5, 0.6) is 0 Å². The number of carbonyl (C=O) groups excluding carboxylic acids is 1. The molecule has 1 amide bonds. The zero-order valence-electron chi connectivity index (χ0n) is 12.2. The van der Waals surface area contributed by atoms with Crippen molar-refractivity contribution in [2.75, 3.05) is 0 Å². The van der Waals surface area contributed by atoms with Crippen molar-refractivity contribution in [2.24, 2.45) is 5.92 Å². The summed E-state index contributed by atoms with van der Waals surface area (Å²) < 4.78 is 0. The highest BCUT2D eigenvalue weighted by Crippen LogP contribution is 2.24. The standard InChI is InChI=1S/C16H21NO3S/c1-11-3-2-4-12(6-5-11)17-16(20)14-9-7-13(21-14)8-10-15(18)19/h7-12H,2-6H2,1H3,(H,17,20)(H,18,19)/b10-8+. The average Bonchev–Trinajstić information content (AvgIpc) is 2.82. The van der Waals surface area contributed by atoms with Crippen LogP contribution in [0.1, 0.15) is 53.6 Å². The smallest absolute Gasteiger partial charge is 0.328 e. The Morgan fingerprint density at radius 3 is 2.86 bits per heavy atom. The lowest BCUT2D eigenvalue weighted by Gasteiger charge is -2.15. The normalized spacial score (nSPS) is 22.9. The minimum absolute atomic E-state index is 0.0467. The fraction of sp³-hybridized carbons (Fsp3) is 0.500. The lowest BCUT2D eigenvalue weighted by atomic mass is 10.0. The van der Waals surface area contributed by atoms with Crippen LogP contribution < -0.4 is 5.32 Å². The van der Waals surface area contributed by atoms with Crippen LogP contribution in [0.15, 0.2) is 18.2 Å². The van der Waals surface area contributed by atoms with E-state index in [1.807, 2.05) is 0 Å². The fourth-order valence-electron chi connectivity index (χ4n) is 2.61. The average molecular weight is 307 g/mol. The van der Waals surface area contributed by atoms with E-state index in [0.717, 1.165) is 29.7 Å². The van der Waals surface area contributed by atoms with Crippen LogP contribution in [0.3, 0.4) is 0 Å². The number of hydrogen-bond acceptors (Lipinski definition) is 3. The molecule has 1 aliphatic rings. The third-order valence-electron chi connectivity index (χ3n) is 3.83. The van der Waals surface area contributed by atoms with Crippen molar-refractivity contribution in [3.63, 3.8) is 0 Å². The van der Waals surface area contributed by atoms with E-state index in [0.29, 0.717) is 4.88 Å². The van der Waals surface area contributed by atoms with Crippen molar-refractivity contribution in [1.82, 2.24) is 5.32 Å². The van der Waals surface area contributed by atoms with Crippen LogP contribution in [0.25, 0.3) is 6.08 Å². The van der Waals surface area contributed by atoms with Crippen molar-refractivity contribution in [3.8, 4) is 0 Å². The summed E-state index contributed by atoms with van der Waals surface area (Å²) in [5, 5.41) is 11.7. The van der Waals surface area contributed by atoms with Crippen LogP contribution >= 0.6 is 11.3 Å². The largest absolute Gasteiger partial charge is 0.478 e. The molecule has 1 aliphatic carbocycles. The van der Waals surface area contributed by atoms with Gasteiger partial charge in [0.2, 0.25) is 0 Å². The van der Waals surface area contributed by atoms with Gasteiger partial charge in [0, 0.05) is 17.0 Å². The molecule has 2 atom stereocenters. The number of amides is 1. The molecule has 21 heavy (non-hydrogen) atoms. The van der Waals surface area contributed by atoms with E-state index in [1.165, 1.54) is 36.7 Å². The van der Waals surface area contributed by atoms with E-state index in [2.05, 4.69) is 12.2 Å². The van der Waals surface area contributed by atoms with Gasteiger partial charge < -0.3 is 10.4 Å². The van der Waals surface area contributed by atoms with Gasteiger partial charge in [0.15, 0.2) is 0 Å². The topological polar surface area (TPSA) is 66.4 Å². The van der Waals surface area contributed by atoms with E-state index in [4.69, 9.17) is 5.11 Å². The van der Waals surface area contributed by atoms with E-state index in [9.17, 15) is 9.59 Å². The Labute approximate surface area is 128 Å². The Morgan fingerprint density at radius 1 is 1.29 bits per heavy atom. The molecule has 0 aromatic carbocycles. The van der Waals surface area contributed by atoms with Gasteiger partial charge in [-0.3, -0.25) is 4.79 Å². The Morgan fingerprint density at radius 2 is 2.10 bits per heavy atom. The first-order valence-corrected chi connectivity index (χ1v) is 8.18. The predicted molar refractivity (Wildman–Crippen MR) is 84.5 cm³/mol. The summed E-state index contributed by atoms with van der Waals surface area (Å²) in [6.07, 6.45) is 8.27. The second kappa shape index (κ2) is 7.41. The van der Waals surface area contributed by atoms with Gasteiger partial charge in [-0.1, -0.05) is 19.8 Å². The van der Waals surface area contributed by atoms with Gasteiger partial charge in [-0.15, -0.1) is 11.3 Å². The quantitative estimate of drug-likeness (QED) is 0.660. The lowest BCUT2D eigenvalue weighted by molar-refractivity contribution is -0.131. The Kier molecular flexibility index (Phi) is 5.56. The molecule has 1 saturated carbocycles. The molecule has 0 aliphatic heterocycles. The molecule has 0 radical (unpaired) electrons. The van der Waals surface area contributed by atoms with Gasteiger partial charge in [0.05, 0.1) is 4.88 Å². The van der Waals surface area contributed by atoms with Crippen molar-refractivity contribution in [1.29, 1.82) is 0 Å². The van der Waals surface area contributed by atoms with Gasteiger partial charge in [0.25, 0.3) is 5.91 Å². The first-order chi connectivity index (χ1) is 10.0. The van der Waals surface area contributed by atoms with Crippen molar-refractivity contribution >= 4 is 29.3 Å². The van der Waals surface area contributed by atoms with Gasteiger partial charge in [-0.2, -0.15) is 0 Å². The van der Waals surface area contributed by atoms with Gasteiger partial charge >= 0.3 is 5.97 Å². The number of aliphatic carboxylic acids is 1. The van der Waals surface area contributed by atoms with E-state index >= 15 is 0 Å². The van der Waals surface area contributed by atoms with Crippen molar-refractivity contribution in [2.45, 2.75) is 45.1 Å². The van der Waals surface area contributed by atoms with Crippen LogP contribution in [0, 0.1) is 5.92 Å². The molecular formula is C16H21NO3S. The Balaban J connectivity index is 1.92. The molecule has 0 saturated heterocycles. The maximum Gasteiger partial charge on any atom is 0.328 e. The number of carboxylic acids is 1. The summed E-state index contributed by atoms with van der Waals surface area (Å²) in [6, 6.07) is 3.79. The number of carbonyl (C=O) groups is 2. The summed E-state index contributed by atoms with van der Waals surface area (Å²) in [4.78, 5) is 24.1. The summed E-state index contributed by atoms with van der Waals surface area (Å²) in [6.45, 7) is 2.27. The molecule has 0 spiro atoms. The Bertz CT molecular complexity index is 535. The van der Waals surface area contributed by atoms with Crippen LogP contribution in [0.2, 0.25) is 0 Å². The summed E-state index contributed by atoms with van der Waals surface area (Å²) in [5.74, 6) is -0.280. The summed E-state index contributed by atoms with van der Waals surface area (Å²) >= 11 is 1.32. The van der Waals surface area contributed by atoms with Crippen molar-refractivity contribution < 1.29 is 14.7 Å². The zero-order valence-corrected chi connectivity index (χ0v) is 13.0. The fourth-order valence-corrected chi connectivity index (χ4v) is 3.42. The van der Waals surface area contributed by atoms with Gasteiger partial charge in [-0.25, -0.2) is 4.79 Å². The summed E-state index contributed by atoms with van der Waals surface area (Å²) in [7, 11) is 0. The second-order valence-electron chi connectivity index (χ2n) is 5.66. The number of rotatable bonds is 4.